The first-order chi connectivity index (χ1) is 6.57. The molecule has 0 saturated heterocycles. The topological polar surface area (TPSA) is 44.8 Å². The van der Waals surface area contributed by atoms with Crippen LogP contribution in [0.25, 0.3) is 0 Å². The van der Waals surface area contributed by atoms with Gasteiger partial charge in [0, 0.05) is 5.57 Å². The fourth-order valence-corrected chi connectivity index (χ4v) is 0.549. The maximum absolute atomic E-state index is 10.9. The lowest BCUT2D eigenvalue weighted by molar-refractivity contribution is -0.257. The van der Waals surface area contributed by atoms with Crippen LogP contribution in [0.2, 0.25) is 0 Å². The SMILES string of the molecule is C=C(OOCCOC(=O)C(=C)C)SC. The van der Waals surface area contributed by atoms with E-state index in [1.807, 2.05) is 6.26 Å². The Labute approximate surface area is 87.8 Å². The van der Waals surface area contributed by atoms with E-state index in [9.17, 15) is 4.79 Å². The van der Waals surface area contributed by atoms with Gasteiger partial charge in [-0.05, 0) is 19.8 Å². The molecule has 14 heavy (non-hydrogen) atoms. The Morgan fingerprint density at radius 3 is 2.50 bits per heavy atom. The van der Waals surface area contributed by atoms with Crippen LogP contribution in [0, 0.1) is 0 Å². The molecular weight excluding hydrogens is 204 g/mol. The molecule has 0 rings (SSSR count). The maximum atomic E-state index is 10.9. The molecule has 0 aliphatic heterocycles. The van der Waals surface area contributed by atoms with Crippen molar-refractivity contribution in [3.8, 4) is 0 Å². The molecule has 80 valence electrons. The predicted octanol–water partition coefficient (Wildman–Crippen LogP) is 1.89. The molecule has 0 aromatic rings. The Balaban J connectivity index is 3.34. The zero-order valence-corrected chi connectivity index (χ0v) is 9.19. The van der Waals surface area contributed by atoms with E-state index in [1.165, 1.54) is 11.8 Å². The van der Waals surface area contributed by atoms with Gasteiger partial charge in [-0.25, -0.2) is 4.79 Å². The molecule has 0 radical (unpaired) electrons. The fourth-order valence-electron chi connectivity index (χ4n) is 0.433. The Bertz CT molecular complexity index is 225. The molecular formula is C9H14O4S. The molecule has 0 aliphatic carbocycles. The van der Waals surface area contributed by atoms with Crippen molar-refractivity contribution in [3.05, 3.63) is 23.8 Å². The van der Waals surface area contributed by atoms with Crippen molar-refractivity contribution < 1.29 is 19.3 Å². The van der Waals surface area contributed by atoms with Gasteiger partial charge >= 0.3 is 5.97 Å². The Morgan fingerprint density at radius 2 is 2.00 bits per heavy atom. The van der Waals surface area contributed by atoms with Crippen LogP contribution in [0.4, 0.5) is 0 Å². The summed E-state index contributed by atoms with van der Waals surface area (Å²) in [6, 6.07) is 0. The van der Waals surface area contributed by atoms with Gasteiger partial charge in [0.1, 0.15) is 13.2 Å². The number of carbonyl (C=O) groups excluding carboxylic acids is 1. The van der Waals surface area contributed by atoms with Gasteiger partial charge < -0.3 is 9.62 Å². The number of ether oxygens (including phenoxy) is 1. The molecule has 0 N–H and O–H groups in total. The zero-order valence-electron chi connectivity index (χ0n) is 8.37. The van der Waals surface area contributed by atoms with E-state index in [0.717, 1.165) is 0 Å². The van der Waals surface area contributed by atoms with Gasteiger partial charge in [0.05, 0.1) is 0 Å². The Hall–Kier alpha value is -0.940. The summed E-state index contributed by atoms with van der Waals surface area (Å²) < 4.78 is 4.74. The van der Waals surface area contributed by atoms with Crippen molar-refractivity contribution in [2.75, 3.05) is 19.5 Å². The highest BCUT2D eigenvalue weighted by molar-refractivity contribution is 8.02. The van der Waals surface area contributed by atoms with Gasteiger partial charge in [0.2, 0.25) is 0 Å². The Kier molecular flexibility index (Phi) is 6.96. The third-order valence-corrected chi connectivity index (χ3v) is 1.65. The molecule has 0 aromatic heterocycles. The minimum absolute atomic E-state index is 0.132. The molecule has 0 unspecified atom stereocenters. The number of esters is 1. The number of hydrogen-bond donors (Lipinski definition) is 0. The lowest BCUT2D eigenvalue weighted by Gasteiger charge is -2.05. The normalized spacial score (nSPS) is 9.29. The van der Waals surface area contributed by atoms with Crippen molar-refractivity contribution in [3.63, 3.8) is 0 Å². The van der Waals surface area contributed by atoms with E-state index in [-0.39, 0.29) is 13.2 Å². The Morgan fingerprint density at radius 1 is 1.36 bits per heavy atom. The van der Waals surface area contributed by atoms with Crippen molar-refractivity contribution in [2.24, 2.45) is 0 Å². The van der Waals surface area contributed by atoms with Crippen LogP contribution in [0.5, 0.6) is 0 Å². The molecule has 0 amide bonds. The van der Waals surface area contributed by atoms with Crippen LogP contribution in [0.15, 0.2) is 23.8 Å². The molecule has 5 heteroatoms. The van der Waals surface area contributed by atoms with Crippen molar-refractivity contribution >= 4 is 17.7 Å². The van der Waals surface area contributed by atoms with Gasteiger partial charge in [-0.15, -0.1) is 0 Å². The summed E-state index contributed by atoms with van der Waals surface area (Å²) >= 11 is 1.33. The summed E-state index contributed by atoms with van der Waals surface area (Å²) in [6.07, 6.45) is 1.81. The summed E-state index contributed by atoms with van der Waals surface area (Å²) in [5, 5.41) is 0.455. The first kappa shape index (κ1) is 13.1. The summed E-state index contributed by atoms with van der Waals surface area (Å²) in [5.41, 5.74) is 0.361. The standard InChI is InChI=1S/C9H14O4S/c1-7(2)9(10)11-5-6-12-13-8(3)14-4/h1,3,5-6H2,2,4H3. The monoisotopic (exact) mass is 218 g/mol. The molecule has 0 atom stereocenters. The summed E-state index contributed by atoms with van der Waals surface area (Å²) in [4.78, 5) is 20.2. The number of rotatable bonds is 7. The highest BCUT2D eigenvalue weighted by atomic mass is 32.2. The van der Waals surface area contributed by atoms with Crippen LogP contribution in [-0.4, -0.2) is 25.4 Å². The first-order valence-electron chi connectivity index (χ1n) is 3.93. The van der Waals surface area contributed by atoms with Crippen molar-refractivity contribution in [2.45, 2.75) is 6.92 Å². The molecule has 0 saturated carbocycles. The van der Waals surface area contributed by atoms with Gasteiger partial charge in [-0.2, -0.15) is 4.89 Å². The van der Waals surface area contributed by atoms with Crippen LogP contribution in [0.3, 0.4) is 0 Å². The van der Waals surface area contributed by atoms with Crippen molar-refractivity contribution in [1.82, 2.24) is 0 Å². The first-order valence-corrected chi connectivity index (χ1v) is 5.15. The van der Waals surface area contributed by atoms with E-state index in [4.69, 9.17) is 4.74 Å². The van der Waals surface area contributed by atoms with E-state index in [0.29, 0.717) is 10.7 Å². The molecule has 0 fully saturated rings. The number of carbonyl (C=O) groups is 1. The quantitative estimate of drug-likeness (QED) is 0.163. The highest BCUT2D eigenvalue weighted by Crippen LogP contribution is 2.09. The predicted molar refractivity (Wildman–Crippen MR) is 55.5 cm³/mol. The number of hydrogen-bond acceptors (Lipinski definition) is 5. The third kappa shape index (κ3) is 6.56. The van der Waals surface area contributed by atoms with E-state index in [1.54, 1.807) is 6.92 Å². The largest absolute Gasteiger partial charge is 0.460 e. The van der Waals surface area contributed by atoms with Gasteiger partial charge in [0.15, 0.2) is 5.09 Å². The second-order valence-electron chi connectivity index (χ2n) is 2.40. The van der Waals surface area contributed by atoms with Crippen LogP contribution >= 0.6 is 11.8 Å². The van der Waals surface area contributed by atoms with Gasteiger partial charge in [-0.1, -0.05) is 18.3 Å². The van der Waals surface area contributed by atoms with E-state index in [2.05, 4.69) is 22.9 Å². The average molecular weight is 218 g/mol. The summed E-state index contributed by atoms with van der Waals surface area (Å²) in [5.74, 6) is -0.433. The number of thioether (sulfide) groups is 1. The molecule has 0 aromatic carbocycles. The summed E-state index contributed by atoms with van der Waals surface area (Å²) in [7, 11) is 0. The summed E-state index contributed by atoms with van der Waals surface area (Å²) in [6.45, 7) is 8.84. The van der Waals surface area contributed by atoms with Crippen molar-refractivity contribution in [1.29, 1.82) is 0 Å². The molecule has 0 aliphatic rings. The molecule has 0 spiro atoms. The third-order valence-electron chi connectivity index (χ3n) is 1.13. The fraction of sp³-hybridized carbons (Fsp3) is 0.444. The molecule has 4 nitrogen and oxygen atoms in total. The molecule has 0 heterocycles. The van der Waals surface area contributed by atoms with E-state index < -0.39 is 5.97 Å². The smallest absolute Gasteiger partial charge is 0.333 e. The van der Waals surface area contributed by atoms with Crippen LogP contribution < -0.4 is 0 Å². The highest BCUT2D eigenvalue weighted by Gasteiger charge is 2.02. The lowest BCUT2D eigenvalue weighted by Crippen LogP contribution is -2.10. The maximum Gasteiger partial charge on any atom is 0.333 e. The van der Waals surface area contributed by atoms with Gasteiger partial charge in [0.25, 0.3) is 0 Å². The van der Waals surface area contributed by atoms with Crippen LogP contribution in [-0.2, 0) is 19.3 Å². The zero-order chi connectivity index (χ0) is 11.0. The second-order valence-corrected chi connectivity index (χ2v) is 3.26. The lowest BCUT2D eigenvalue weighted by atomic mass is 10.4. The minimum atomic E-state index is -0.433. The second kappa shape index (κ2) is 7.46. The molecule has 0 bridgehead atoms. The average Bonchev–Trinajstić information content (AvgIpc) is 2.16. The van der Waals surface area contributed by atoms with E-state index >= 15 is 0 Å². The van der Waals surface area contributed by atoms with Crippen LogP contribution in [0.1, 0.15) is 6.92 Å². The minimum Gasteiger partial charge on any atom is -0.460 e. The van der Waals surface area contributed by atoms with Gasteiger partial charge in [-0.3, -0.25) is 0 Å².